The molecule has 1 unspecified atom stereocenters. The molecule has 2 N–H and O–H groups in total. The van der Waals surface area contributed by atoms with Gasteiger partial charge in [0.05, 0.1) is 25.7 Å². The number of carbonyl (C=O) groups is 2. The standard InChI is InChI=1S/C23H27N3O2S2/c1-3-26(15-21(27)24-14-19-6-4-12-29-19)16-22(28)25-23(20-7-5-13-30-20)18-10-8-17(2)9-11-18/h4-13,23H,3,14-16H2,1-2H3,(H,24,27)(H,25,28). The quantitative estimate of drug-likeness (QED) is 0.501. The first-order valence-corrected chi connectivity index (χ1v) is 11.7. The topological polar surface area (TPSA) is 61.4 Å². The molecule has 5 nitrogen and oxygen atoms in total. The molecule has 2 amide bonds. The lowest BCUT2D eigenvalue weighted by atomic mass is 10.0. The number of hydrogen-bond acceptors (Lipinski definition) is 5. The van der Waals surface area contributed by atoms with Crippen LogP contribution in [0.3, 0.4) is 0 Å². The van der Waals surface area contributed by atoms with Crippen LogP contribution in [0, 0.1) is 6.92 Å². The smallest absolute Gasteiger partial charge is 0.234 e. The second-order valence-corrected chi connectivity index (χ2v) is 9.10. The van der Waals surface area contributed by atoms with Gasteiger partial charge in [0.25, 0.3) is 0 Å². The lowest BCUT2D eigenvalue weighted by Crippen LogP contribution is -2.43. The predicted octanol–water partition coefficient (Wildman–Crippen LogP) is 3.96. The molecule has 0 aliphatic carbocycles. The van der Waals surface area contributed by atoms with Gasteiger partial charge in [0.2, 0.25) is 11.8 Å². The van der Waals surface area contributed by atoms with Crippen molar-refractivity contribution >= 4 is 34.5 Å². The van der Waals surface area contributed by atoms with E-state index in [0.29, 0.717) is 13.1 Å². The Bertz CT molecular complexity index is 922. The average molecular weight is 442 g/mol. The maximum absolute atomic E-state index is 12.8. The molecule has 158 valence electrons. The SMILES string of the molecule is CCN(CC(=O)NCc1cccs1)CC(=O)NC(c1ccc(C)cc1)c1cccs1. The molecule has 0 fully saturated rings. The molecule has 0 bridgehead atoms. The first kappa shape index (κ1) is 22.2. The molecular weight excluding hydrogens is 414 g/mol. The molecule has 7 heteroatoms. The number of likely N-dealkylation sites (N-methyl/N-ethyl adjacent to an activating group) is 1. The van der Waals surface area contributed by atoms with Crippen molar-refractivity contribution in [2.75, 3.05) is 19.6 Å². The molecule has 0 saturated heterocycles. The molecule has 3 aromatic rings. The van der Waals surface area contributed by atoms with Crippen LogP contribution in [0.2, 0.25) is 0 Å². The monoisotopic (exact) mass is 441 g/mol. The minimum absolute atomic E-state index is 0.0774. The highest BCUT2D eigenvalue weighted by Gasteiger charge is 2.20. The van der Waals surface area contributed by atoms with Crippen molar-refractivity contribution in [1.82, 2.24) is 15.5 Å². The number of amides is 2. The van der Waals surface area contributed by atoms with Crippen LogP contribution >= 0.6 is 22.7 Å². The van der Waals surface area contributed by atoms with Gasteiger partial charge in [-0.1, -0.05) is 48.9 Å². The number of benzene rings is 1. The Kier molecular flexibility index (Phi) is 8.19. The van der Waals surface area contributed by atoms with Gasteiger partial charge in [-0.05, 0) is 41.9 Å². The second-order valence-electron chi connectivity index (χ2n) is 7.09. The molecule has 30 heavy (non-hydrogen) atoms. The van der Waals surface area contributed by atoms with E-state index in [1.807, 2.05) is 53.8 Å². The summed E-state index contributed by atoms with van der Waals surface area (Å²) in [5.41, 5.74) is 2.23. The molecule has 1 atom stereocenters. The number of carbonyl (C=O) groups excluding carboxylic acids is 2. The minimum atomic E-state index is -0.190. The number of nitrogens with zero attached hydrogens (tertiary/aromatic N) is 1. The third-order valence-electron chi connectivity index (χ3n) is 4.77. The van der Waals surface area contributed by atoms with Crippen LogP contribution in [0.25, 0.3) is 0 Å². The summed E-state index contributed by atoms with van der Waals surface area (Å²) < 4.78 is 0. The van der Waals surface area contributed by atoms with Gasteiger partial charge in [0.1, 0.15) is 0 Å². The van der Waals surface area contributed by atoms with Gasteiger partial charge in [-0.3, -0.25) is 14.5 Å². The summed E-state index contributed by atoms with van der Waals surface area (Å²) in [6.07, 6.45) is 0. The van der Waals surface area contributed by atoms with Crippen molar-refractivity contribution in [1.29, 1.82) is 0 Å². The first-order chi connectivity index (χ1) is 14.5. The van der Waals surface area contributed by atoms with Crippen LogP contribution in [-0.4, -0.2) is 36.3 Å². The fraction of sp³-hybridized carbons (Fsp3) is 0.304. The van der Waals surface area contributed by atoms with E-state index in [4.69, 9.17) is 0 Å². The Labute approximate surface area is 185 Å². The third-order valence-corrected chi connectivity index (χ3v) is 6.58. The lowest BCUT2D eigenvalue weighted by Gasteiger charge is -2.23. The summed E-state index contributed by atoms with van der Waals surface area (Å²) in [5.74, 6) is -0.173. The molecule has 0 saturated carbocycles. The molecule has 3 rings (SSSR count). The molecule has 0 spiro atoms. The lowest BCUT2D eigenvalue weighted by molar-refractivity contribution is -0.125. The number of aryl methyl sites for hydroxylation is 1. The summed E-state index contributed by atoms with van der Waals surface area (Å²) in [5, 5.41) is 10.1. The summed E-state index contributed by atoms with van der Waals surface area (Å²) in [6.45, 7) is 5.52. The largest absolute Gasteiger partial charge is 0.350 e. The van der Waals surface area contributed by atoms with Gasteiger partial charge in [-0.25, -0.2) is 0 Å². The van der Waals surface area contributed by atoms with E-state index < -0.39 is 0 Å². The number of thiophene rings is 2. The van der Waals surface area contributed by atoms with Crippen LogP contribution in [0.15, 0.2) is 59.3 Å². The molecule has 2 aromatic heterocycles. The maximum Gasteiger partial charge on any atom is 0.234 e. The van der Waals surface area contributed by atoms with E-state index >= 15 is 0 Å². The van der Waals surface area contributed by atoms with Crippen molar-refractivity contribution < 1.29 is 9.59 Å². The summed E-state index contributed by atoms with van der Waals surface area (Å²) in [4.78, 5) is 29.1. The molecule has 2 heterocycles. The summed E-state index contributed by atoms with van der Waals surface area (Å²) in [6, 6.07) is 16.0. The van der Waals surface area contributed by atoms with E-state index in [0.717, 1.165) is 15.3 Å². The fourth-order valence-electron chi connectivity index (χ4n) is 3.08. The zero-order valence-corrected chi connectivity index (χ0v) is 18.9. The molecule has 0 aliphatic heterocycles. The zero-order valence-electron chi connectivity index (χ0n) is 17.3. The van der Waals surface area contributed by atoms with Crippen molar-refractivity contribution in [3.8, 4) is 0 Å². The minimum Gasteiger partial charge on any atom is -0.350 e. The third kappa shape index (κ3) is 6.52. The normalized spacial score (nSPS) is 12.0. The van der Waals surface area contributed by atoms with E-state index in [2.05, 4.69) is 34.9 Å². The predicted molar refractivity (Wildman–Crippen MR) is 124 cm³/mol. The maximum atomic E-state index is 12.8. The van der Waals surface area contributed by atoms with Crippen LogP contribution in [0.5, 0.6) is 0 Å². The van der Waals surface area contributed by atoms with Crippen molar-refractivity contribution in [3.05, 3.63) is 80.2 Å². The first-order valence-electron chi connectivity index (χ1n) is 9.96. The van der Waals surface area contributed by atoms with Crippen LogP contribution < -0.4 is 10.6 Å². The Morgan fingerprint density at radius 2 is 1.67 bits per heavy atom. The Balaban J connectivity index is 1.57. The fourth-order valence-corrected chi connectivity index (χ4v) is 4.53. The molecule has 0 radical (unpaired) electrons. The van der Waals surface area contributed by atoms with E-state index in [1.54, 1.807) is 22.7 Å². The second kappa shape index (κ2) is 11.1. The van der Waals surface area contributed by atoms with Gasteiger partial charge in [0, 0.05) is 9.75 Å². The molecular formula is C23H27N3O2S2. The van der Waals surface area contributed by atoms with E-state index in [1.165, 1.54) is 5.56 Å². The van der Waals surface area contributed by atoms with E-state index in [-0.39, 0.29) is 30.9 Å². The zero-order chi connectivity index (χ0) is 21.3. The van der Waals surface area contributed by atoms with Crippen LogP contribution in [0.4, 0.5) is 0 Å². The van der Waals surface area contributed by atoms with Gasteiger partial charge in [0.15, 0.2) is 0 Å². The number of nitrogens with one attached hydrogen (secondary N) is 2. The van der Waals surface area contributed by atoms with Gasteiger partial charge < -0.3 is 10.6 Å². The van der Waals surface area contributed by atoms with Gasteiger partial charge >= 0.3 is 0 Å². The number of hydrogen-bond donors (Lipinski definition) is 2. The Morgan fingerprint density at radius 1 is 0.967 bits per heavy atom. The highest BCUT2D eigenvalue weighted by Crippen LogP contribution is 2.26. The van der Waals surface area contributed by atoms with Crippen LogP contribution in [0.1, 0.15) is 33.8 Å². The molecule has 1 aromatic carbocycles. The van der Waals surface area contributed by atoms with Crippen molar-refractivity contribution in [2.45, 2.75) is 26.4 Å². The molecule has 0 aliphatic rings. The Hall–Kier alpha value is -2.48. The van der Waals surface area contributed by atoms with Gasteiger partial charge in [-0.15, -0.1) is 22.7 Å². The van der Waals surface area contributed by atoms with Crippen molar-refractivity contribution in [3.63, 3.8) is 0 Å². The Morgan fingerprint density at radius 3 is 2.30 bits per heavy atom. The summed E-state index contributed by atoms with van der Waals surface area (Å²) in [7, 11) is 0. The number of rotatable bonds is 10. The average Bonchev–Trinajstić information content (AvgIpc) is 3.45. The van der Waals surface area contributed by atoms with Crippen LogP contribution in [-0.2, 0) is 16.1 Å². The van der Waals surface area contributed by atoms with E-state index in [9.17, 15) is 9.59 Å². The highest BCUT2D eigenvalue weighted by molar-refractivity contribution is 7.10. The van der Waals surface area contributed by atoms with Gasteiger partial charge in [-0.2, -0.15) is 0 Å². The van der Waals surface area contributed by atoms with Crippen molar-refractivity contribution in [2.24, 2.45) is 0 Å². The highest BCUT2D eigenvalue weighted by atomic mass is 32.1. The summed E-state index contributed by atoms with van der Waals surface area (Å²) >= 11 is 3.23.